The Hall–Kier alpha value is -1.85. The second-order valence-electron chi connectivity index (χ2n) is 6.82. The van der Waals surface area contributed by atoms with E-state index in [4.69, 9.17) is 5.73 Å². The standard InChI is InChI=1S/C18H29N3O3/c1-3-5-8-13-12-18(13,17(19)24)20-16(23)14-9-7-11-21(14)15(22)10-6-4-2/h5,8,13-14H,3-4,6-7,9-12H2,1-2H3,(H2,19,24)(H,20,23)/b8-5-/t13-,14+,18-/m1/s1. The number of nitrogens with zero attached hydrogens (tertiary/aromatic N) is 1. The fourth-order valence-electron chi connectivity index (χ4n) is 3.42. The first-order valence-electron chi connectivity index (χ1n) is 9.04. The zero-order chi connectivity index (χ0) is 17.7. The fraction of sp³-hybridized carbons (Fsp3) is 0.722. The minimum Gasteiger partial charge on any atom is -0.368 e. The highest BCUT2D eigenvalue weighted by molar-refractivity contribution is 5.96. The van der Waals surface area contributed by atoms with Gasteiger partial charge in [0.25, 0.3) is 0 Å². The predicted octanol–water partition coefficient (Wildman–Crippen LogP) is 1.49. The van der Waals surface area contributed by atoms with Crippen LogP contribution in [0.25, 0.3) is 0 Å². The normalized spacial score (nSPS) is 29.0. The number of primary amides is 1. The third-order valence-corrected chi connectivity index (χ3v) is 5.02. The molecule has 3 atom stereocenters. The van der Waals surface area contributed by atoms with Gasteiger partial charge in [0.15, 0.2) is 0 Å². The molecule has 3 amide bonds. The van der Waals surface area contributed by atoms with Gasteiger partial charge in [-0.25, -0.2) is 0 Å². The van der Waals surface area contributed by atoms with E-state index in [2.05, 4.69) is 5.32 Å². The Morgan fingerprint density at radius 1 is 1.33 bits per heavy atom. The van der Waals surface area contributed by atoms with Crippen LogP contribution in [0.2, 0.25) is 0 Å². The third kappa shape index (κ3) is 3.79. The Balaban J connectivity index is 2.01. The summed E-state index contributed by atoms with van der Waals surface area (Å²) in [5.74, 6) is -0.752. The first kappa shape index (κ1) is 18.5. The summed E-state index contributed by atoms with van der Waals surface area (Å²) >= 11 is 0. The lowest BCUT2D eigenvalue weighted by atomic mass is 10.1. The van der Waals surface area contributed by atoms with E-state index in [9.17, 15) is 14.4 Å². The van der Waals surface area contributed by atoms with Gasteiger partial charge in [-0.3, -0.25) is 14.4 Å². The maximum Gasteiger partial charge on any atom is 0.243 e. The molecule has 2 aliphatic rings. The lowest BCUT2D eigenvalue weighted by Crippen LogP contribution is -2.54. The smallest absolute Gasteiger partial charge is 0.243 e. The van der Waals surface area contributed by atoms with Crippen LogP contribution in [0.1, 0.15) is 58.8 Å². The number of unbranched alkanes of at least 4 members (excludes halogenated alkanes) is 1. The zero-order valence-electron chi connectivity index (χ0n) is 14.7. The fourth-order valence-corrected chi connectivity index (χ4v) is 3.42. The molecule has 1 aliphatic heterocycles. The van der Waals surface area contributed by atoms with Crippen LogP contribution in [0, 0.1) is 5.92 Å². The van der Waals surface area contributed by atoms with Crippen molar-refractivity contribution in [3.05, 3.63) is 12.2 Å². The Kier molecular flexibility index (Phi) is 6.02. The predicted molar refractivity (Wildman–Crippen MR) is 91.9 cm³/mol. The summed E-state index contributed by atoms with van der Waals surface area (Å²) < 4.78 is 0. The van der Waals surface area contributed by atoms with E-state index in [0.717, 1.165) is 25.7 Å². The Morgan fingerprint density at radius 3 is 2.71 bits per heavy atom. The van der Waals surface area contributed by atoms with Gasteiger partial charge in [0.05, 0.1) is 0 Å². The lowest BCUT2D eigenvalue weighted by molar-refractivity contribution is -0.139. The van der Waals surface area contributed by atoms with E-state index in [0.29, 0.717) is 25.8 Å². The van der Waals surface area contributed by atoms with Crippen LogP contribution in [-0.4, -0.2) is 40.7 Å². The van der Waals surface area contributed by atoms with E-state index in [1.54, 1.807) is 4.90 Å². The van der Waals surface area contributed by atoms with Crippen molar-refractivity contribution >= 4 is 17.7 Å². The van der Waals surface area contributed by atoms with Crippen molar-refractivity contribution in [2.24, 2.45) is 11.7 Å². The number of allylic oxidation sites excluding steroid dienone is 1. The molecular formula is C18H29N3O3. The molecule has 6 heteroatoms. The average molecular weight is 335 g/mol. The lowest BCUT2D eigenvalue weighted by Gasteiger charge is -2.26. The number of carbonyl (C=O) groups excluding carboxylic acids is 3. The number of hydrogen-bond donors (Lipinski definition) is 2. The number of amides is 3. The van der Waals surface area contributed by atoms with E-state index in [1.807, 2.05) is 26.0 Å². The molecule has 0 bridgehead atoms. The molecule has 0 aromatic heterocycles. The van der Waals surface area contributed by atoms with Gasteiger partial charge in [-0.2, -0.15) is 0 Å². The van der Waals surface area contributed by atoms with Gasteiger partial charge in [0.1, 0.15) is 11.6 Å². The molecule has 0 spiro atoms. The second-order valence-corrected chi connectivity index (χ2v) is 6.82. The van der Waals surface area contributed by atoms with Crippen LogP contribution in [-0.2, 0) is 14.4 Å². The number of hydrogen-bond acceptors (Lipinski definition) is 3. The molecule has 0 aromatic carbocycles. The molecule has 1 aliphatic carbocycles. The third-order valence-electron chi connectivity index (χ3n) is 5.02. The van der Waals surface area contributed by atoms with Crippen molar-refractivity contribution in [3.8, 4) is 0 Å². The van der Waals surface area contributed by atoms with Gasteiger partial charge in [-0.05, 0) is 32.1 Å². The highest BCUT2D eigenvalue weighted by atomic mass is 16.2. The second kappa shape index (κ2) is 7.81. The van der Waals surface area contributed by atoms with Crippen molar-refractivity contribution in [2.75, 3.05) is 6.54 Å². The van der Waals surface area contributed by atoms with Gasteiger partial charge < -0.3 is 16.0 Å². The molecular weight excluding hydrogens is 306 g/mol. The van der Waals surface area contributed by atoms with Crippen LogP contribution in [0.4, 0.5) is 0 Å². The summed E-state index contributed by atoms with van der Waals surface area (Å²) in [6.45, 7) is 4.67. The van der Waals surface area contributed by atoms with Gasteiger partial charge >= 0.3 is 0 Å². The molecule has 0 unspecified atom stereocenters. The molecule has 134 valence electrons. The molecule has 0 aromatic rings. The summed E-state index contributed by atoms with van der Waals surface area (Å²) in [4.78, 5) is 38.5. The molecule has 6 nitrogen and oxygen atoms in total. The Bertz CT molecular complexity index is 532. The minimum atomic E-state index is -0.969. The zero-order valence-corrected chi connectivity index (χ0v) is 14.7. The van der Waals surface area contributed by atoms with Crippen LogP contribution < -0.4 is 11.1 Å². The van der Waals surface area contributed by atoms with E-state index in [-0.39, 0.29) is 17.7 Å². The Morgan fingerprint density at radius 2 is 2.08 bits per heavy atom. The number of likely N-dealkylation sites (tertiary alicyclic amines) is 1. The summed E-state index contributed by atoms with van der Waals surface area (Å²) in [7, 11) is 0. The van der Waals surface area contributed by atoms with Crippen molar-refractivity contribution in [1.82, 2.24) is 10.2 Å². The summed E-state index contributed by atoms with van der Waals surface area (Å²) in [6, 6.07) is -0.470. The average Bonchev–Trinajstić information content (AvgIpc) is 3.03. The minimum absolute atomic E-state index is 0.0286. The molecule has 3 N–H and O–H groups in total. The van der Waals surface area contributed by atoms with E-state index < -0.39 is 17.5 Å². The highest BCUT2D eigenvalue weighted by Gasteiger charge is 2.59. The molecule has 2 fully saturated rings. The van der Waals surface area contributed by atoms with Crippen LogP contribution in [0.3, 0.4) is 0 Å². The van der Waals surface area contributed by atoms with Gasteiger partial charge in [0, 0.05) is 18.9 Å². The molecule has 2 rings (SSSR count). The van der Waals surface area contributed by atoms with E-state index >= 15 is 0 Å². The van der Waals surface area contributed by atoms with Crippen LogP contribution in [0.5, 0.6) is 0 Å². The monoisotopic (exact) mass is 335 g/mol. The van der Waals surface area contributed by atoms with Gasteiger partial charge in [-0.1, -0.05) is 32.4 Å². The van der Waals surface area contributed by atoms with Crippen molar-refractivity contribution in [2.45, 2.75) is 70.4 Å². The van der Waals surface area contributed by atoms with Gasteiger partial charge in [-0.15, -0.1) is 0 Å². The highest BCUT2D eigenvalue weighted by Crippen LogP contribution is 2.44. The van der Waals surface area contributed by atoms with Crippen molar-refractivity contribution < 1.29 is 14.4 Å². The summed E-state index contributed by atoms with van der Waals surface area (Å²) in [6.07, 6.45) is 9.07. The molecule has 1 heterocycles. The van der Waals surface area contributed by atoms with Crippen LogP contribution >= 0.6 is 0 Å². The number of rotatable bonds is 8. The summed E-state index contributed by atoms with van der Waals surface area (Å²) in [5.41, 5.74) is 4.57. The van der Waals surface area contributed by atoms with Crippen molar-refractivity contribution in [3.63, 3.8) is 0 Å². The number of carbonyl (C=O) groups is 3. The maximum absolute atomic E-state index is 12.7. The number of nitrogens with one attached hydrogen (secondary N) is 1. The molecule has 0 radical (unpaired) electrons. The maximum atomic E-state index is 12.7. The van der Waals surface area contributed by atoms with E-state index in [1.165, 1.54) is 0 Å². The quantitative estimate of drug-likeness (QED) is 0.658. The first-order chi connectivity index (χ1) is 11.5. The SMILES string of the molecule is CC/C=C\[C@@H]1C[C@]1(NC(=O)[C@@H]1CCCN1C(=O)CCCC)C(N)=O. The Labute approximate surface area is 143 Å². The largest absolute Gasteiger partial charge is 0.368 e. The molecule has 1 saturated carbocycles. The van der Waals surface area contributed by atoms with Crippen molar-refractivity contribution in [1.29, 1.82) is 0 Å². The molecule has 24 heavy (non-hydrogen) atoms. The first-order valence-corrected chi connectivity index (χ1v) is 9.04. The van der Waals surface area contributed by atoms with Gasteiger partial charge in [0.2, 0.25) is 17.7 Å². The number of nitrogens with two attached hydrogens (primary N) is 1. The topological polar surface area (TPSA) is 92.5 Å². The molecule has 1 saturated heterocycles. The van der Waals surface area contributed by atoms with Crippen LogP contribution in [0.15, 0.2) is 12.2 Å². The summed E-state index contributed by atoms with van der Waals surface area (Å²) in [5, 5.41) is 2.85.